The average molecular weight is 335 g/mol. The molecule has 5 nitrogen and oxygen atoms in total. The normalized spacial score (nSPS) is 17.5. The number of thiazole rings is 1. The summed E-state index contributed by atoms with van der Waals surface area (Å²) >= 11 is 6.58. The number of ether oxygens (including phenoxy) is 1. The van der Waals surface area contributed by atoms with E-state index in [4.69, 9.17) is 22.7 Å². The van der Waals surface area contributed by atoms with E-state index in [1.165, 1.54) is 11.3 Å². The third-order valence-electron chi connectivity index (χ3n) is 3.58. The highest BCUT2D eigenvalue weighted by atomic mass is 32.1. The Balaban J connectivity index is 1.80. The molecule has 1 aliphatic heterocycles. The molecule has 22 heavy (non-hydrogen) atoms. The van der Waals surface area contributed by atoms with Crippen LogP contribution in [0.25, 0.3) is 5.69 Å². The molecule has 0 bridgehead atoms. The number of nitrogen functional groups attached to an aromatic ring is 1. The van der Waals surface area contributed by atoms with Crippen LogP contribution in [-0.2, 0) is 4.74 Å². The molecule has 0 unspecified atom stereocenters. The van der Waals surface area contributed by atoms with Crippen LogP contribution in [-0.4, -0.2) is 29.7 Å². The van der Waals surface area contributed by atoms with E-state index in [1.54, 1.807) is 4.57 Å². The summed E-state index contributed by atoms with van der Waals surface area (Å²) < 4.78 is 7.78. The van der Waals surface area contributed by atoms with E-state index >= 15 is 0 Å². The predicted molar refractivity (Wildman–Crippen MR) is 90.2 cm³/mol. The molecule has 0 radical (unpaired) electrons. The molecule has 3 rings (SSSR count). The van der Waals surface area contributed by atoms with Crippen LogP contribution in [0.3, 0.4) is 0 Å². The van der Waals surface area contributed by atoms with Gasteiger partial charge < -0.3 is 15.8 Å². The molecule has 0 saturated carbocycles. The van der Waals surface area contributed by atoms with Crippen molar-refractivity contribution >= 4 is 35.3 Å². The minimum absolute atomic E-state index is 0.106. The fourth-order valence-corrected chi connectivity index (χ4v) is 3.75. The van der Waals surface area contributed by atoms with Gasteiger partial charge in [-0.3, -0.25) is 9.36 Å². The first kappa shape index (κ1) is 15.2. The number of aromatic nitrogens is 1. The standard InChI is InChI=1S/C15H17N3O2S2/c16-13-12(14(19)17-9-11-7-4-8-20-11)22-15(21)18(13)10-5-2-1-3-6-10/h1-3,5-6,11H,4,7-9,16H2,(H,17,19)/t11-/m1/s1. The first-order chi connectivity index (χ1) is 10.7. The summed E-state index contributed by atoms with van der Waals surface area (Å²) in [5.41, 5.74) is 7.00. The summed E-state index contributed by atoms with van der Waals surface area (Å²) in [6, 6.07) is 9.56. The number of hydrogen-bond donors (Lipinski definition) is 2. The van der Waals surface area contributed by atoms with Gasteiger partial charge >= 0.3 is 0 Å². The molecule has 0 aliphatic carbocycles. The van der Waals surface area contributed by atoms with E-state index in [9.17, 15) is 4.79 Å². The Morgan fingerprint density at radius 3 is 2.91 bits per heavy atom. The van der Waals surface area contributed by atoms with Gasteiger partial charge in [-0.2, -0.15) is 0 Å². The number of rotatable bonds is 4. The number of hydrogen-bond acceptors (Lipinski definition) is 5. The maximum absolute atomic E-state index is 12.3. The third-order valence-corrected chi connectivity index (χ3v) is 4.97. The highest BCUT2D eigenvalue weighted by Gasteiger charge is 2.20. The molecular weight excluding hydrogens is 318 g/mol. The number of nitrogens with zero attached hydrogens (tertiary/aromatic N) is 1. The van der Waals surface area contributed by atoms with Crippen molar-refractivity contribution in [2.45, 2.75) is 18.9 Å². The van der Waals surface area contributed by atoms with Crippen LogP contribution in [0.4, 0.5) is 5.82 Å². The van der Waals surface area contributed by atoms with Crippen molar-refractivity contribution in [1.29, 1.82) is 0 Å². The lowest BCUT2D eigenvalue weighted by molar-refractivity contribution is 0.0861. The van der Waals surface area contributed by atoms with Gasteiger partial charge in [-0.25, -0.2) is 0 Å². The minimum atomic E-state index is -0.196. The molecule has 1 aromatic heterocycles. The van der Waals surface area contributed by atoms with Crippen molar-refractivity contribution < 1.29 is 9.53 Å². The zero-order chi connectivity index (χ0) is 15.5. The van der Waals surface area contributed by atoms with Gasteiger partial charge in [-0.15, -0.1) is 0 Å². The van der Waals surface area contributed by atoms with Crippen molar-refractivity contribution in [2.24, 2.45) is 0 Å². The highest BCUT2D eigenvalue weighted by molar-refractivity contribution is 7.73. The van der Waals surface area contributed by atoms with Gasteiger partial charge in [0.25, 0.3) is 5.91 Å². The van der Waals surface area contributed by atoms with E-state index in [0.717, 1.165) is 25.1 Å². The number of benzene rings is 1. The molecule has 1 aromatic carbocycles. The van der Waals surface area contributed by atoms with Crippen molar-refractivity contribution in [1.82, 2.24) is 9.88 Å². The maximum Gasteiger partial charge on any atom is 0.265 e. The molecule has 1 aliphatic rings. The number of carbonyl (C=O) groups excluding carboxylic acids is 1. The molecule has 2 aromatic rings. The predicted octanol–water partition coefficient (Wildman–Crippen LogP) is 2.76. The number of amides is 1. The Bertz CT molecular complexity index is 718. The van der Waals surface area contributed by atoms with Gasteiger partial charge in [-0.05, 0) is 37.2 Å². The molecule has 2 heterocycles. The molecular formula is C15H17N3O2S2. The number of anilines is 1. The zero-order valence-corrected chi connectivity index (χ0v) is 13.6. The van der Waals surface area contributed by atoms with E-state index < -0.39 is 0 Å². The second-order valence-electron chi connectivity index (χ2n) is 5.10. The summed E-state index contributed by atoms with van der Waals surface area (Å²) in [5, 5.41) is 2.88. The number of para-hydroxylation sites is 1. The van der Waals surface area contributed by atoms with Crippen molar-refractivity contribution in [3.63, 3.8) is 0 Å². The first-order valence-corrected chi connectivity index (χ1v) is 8.36. The lowest BCUT2D eigenvalue weighted by atomic mass is 10.2. The largest absolute Gasteiger partial charge is 0.383 e. The van der Waals surface area contributed by atoms with Crippen molar-refractivity contribution in [2.75, 3.05) is 18.9 Å². The van der Waals surface area contributed by atoms with Crippen LogP contribution < -0.4 is 11.1 Å². The Morgan fingerprint density at radius 2 is 2.23 bits per heavy atom. The van der Waals surface area contributed by atoms with Crippen LogP contribution in [0.1, 0.15) is 22.5 Å². The first-order valence-electron chi connectivity index (χ1n) is 7.13. The summed E-state index contributed by atoms with van der Waals surface area (Å²) in [6.07, 6.45) is 2.14. The molecule has 3 N–H and O–H groups in total. The Hall–Kier alpha value is -1.70. The lowest BCUT2D eigenvalue weighted by Crippen LogP contribution is -2.31. The van der Waals surface area contributed by atoms with Gasteiger partial charge in [0.15, 0.2) is 3.95 Å². The van der Waals surface area contributed by atoms with E-state index in [2.05, 4.69) is 5.32 Å². The fraction of sp³-hybridized carbons (Fsp3) is 0.333. The monoisotopic (exact) mass is 335 g/mol. The van der Waals surface area contributed by atoms with Crippen molar-refractivity contribution in [3.8, 4) is 5.69 Å². The Kier molecular flexibility index (Phi) is 4.56. The minimum Gasteiger partial charge on any atom is -0.383 e. The summed E-state index contributed by atoms with van der Waals surface area (Å²) in [5.74, 6) is 0.185. The molecule has 1 atom stereocenters. The number of nitrogens with two attached hydrogens (primary N) is 1. The maximum atomic E-state index is 12.3. The fourth-order valence-electron chi connectivity index (χ4n) is 2.46. The van der Waals surface area contributed by atoms with Gasteiger partial charge in [-0.1, -0.05) is 29.5 Å². The van der Waals surface area contributed by atoms with Crippen LogP contribution in [0.2, 0.25) is 0 Å². The topological polar surface area (TPSA) is 69.3 Å². The smallest absolute Gasteiger partial charge is 0.265 e. The third kappa shape index (κ3) is 3.06. The average Bonchev–Trinajstić information content (AvgIpc) is 3.14. The lowest BCUT2D eigenvalue weighted by Gasteiger charge is -2.10. The van der Waals surface area contributed by atoms with E-state index in [1.807, 2.05) is 30.3 Å². The highest BCUT2D eigenvalue weighted by Crippen LogP contribution is 2.26. The quantitative estimate of drug-likeness (QED) is 0.843. The second kappa shape index (κ2) is 6.60. The Morgan fingerprint density at radius 1 is 1.45 bits per heavy atom. The van der Waals surface area contributed by atoms with Crippen molar-refractivity contribution in [3.05, 3.63) is 39.2 Å². The summed E-state index contributed by atoms with van der Waals surface area (Å²) in [7, 11) is 0. The Labute approximate surface area is 137 Å². The second-order valence-corrected chi connectivity index (χ2v) is 6.74. The van der Waals surface area contributed by atoms with Crippen LogP contribution in [0, 0.1) is 3.95 Å². The van der Waals surface area contributed by atoms with E-state index in [0.29, 0.717) is 21.2 Å². The van der Waals surface area contributed by atoms with Gasteiger partial charge in [0, 0.05) is 18.8 Å². The van der Waals surface area contributed by atoms with Crippen LogP contribution in [0.5, 0.6) is 0 Å². The molecule has 7 heteroatoms. The van der Waals surface area contributed by atoms with E-state index in [-0.39, 0.29) is 12.0 Å². The molecule has 1 fully saturated rings. The van der Waals surface area contributed by atoms with Gasteiger partial charge in [0.05, 0.1) is 6.10 Å². The van der Waals surface area contributed by atoms with Crippen LogP contribution in [0.15, 0.2) is 30.3 Å². The number of nitrogens with one attached hydrogen (secondary N) is 1. The summed E-state index contributed by atoms with van der Waals surface area (Å²) in [6.45, 7) is 1.28. The van der Waals surface area contributed by atoms with Crippen LogP contribution >= 0.6 is 23.6 Å². The molecule has 116 valence electrons. The van der Waals surface area contributed by atoms with Gasteiger partial charge in [0.1, 0.15) is 10.7 Å². The summed E-state index contributed by atoms with van der Waals surface area (Å²) in [4.78, 5) is 12.8. The SMILES string of the molecule is Nc1c(C(=O)NC[C@H]2CCCO2)sc(=S)n1-c1ccccc1. The molecule has 1 amide bonds. The molecule has 1 saturated heterocycles. The zero-order valence-electron chi connectivity index (χ0n) is 12.0. The number of carbonyl (C=O) groups is 1. The van der Waals surface area contributed by atoms with Gasteiger partial charge in [0.2, 0.25) is 0 Å². The molecule has 0 spiro atoms.